The fourth-order valence-corrected chi connectivity index (χ4v) is 2.07. The van der Waals surface area contributed by atoms with Gasteiger partial charge in [0.1, 0.15) is 5.75 Å². The molecule has 2 amide bonds. The van der Waals surface area contributed by atoms with Crippen molar-refractivity contribution in [1.82, 2.24) is 0 Å². The number of benzene rings is 2. The third-order valence-corrected chi connectivity index (χ3v) is 3.28. The van der Waals surface area contributed by atoms with Crippen LogP contribution in [0.25, 0.3) is 0 Å². The predicted octanol–water partition coefficient (Wildman–Crippen LogP) is 2.22. The minimum absolute atomic E-state index is 0.217. The summed E-state index contributed by atoms with van der Waals surface area (Å²) in [5.74, 6) is -0.505. The smallest absolute Gasteiger partial charge is 0.267 e. The van der Waals surface area contributed by atoms with Gasteiger partial charge in [0.25, 0.3) is 11.8 Å². The van der Waals surface area contributed by atoms with Crippen LogP contribution < -0.4 is 15.4 Å². The van der Waals surface area contributed by atoms with Gasteiger partial charge >= 0.3 is 0 Å². The van der Waals surface area contributed by atoms with E-state index in [1.54, 1.807) is 38.2 Å². The Labute approximate surface area is 129 Å². The number of para-hydroxylation sites is 2. The Kier molecular flexibility index (Phi) is 4.78. The Hall–Kier alpha value is -2.82. The van der Waals surface area contributed by atoms with Crippen LogP contribution in [-0.4, -0.2) is 25.0 Å². The quantitative estimate of drug-likeness (QED) is 0.920. The maximum absolute atomic E-state index is 12.4. The molecule has 0 heterocycles. The highest BCUT2D eigenvalue weighted by Crippen LogP contribution is 2.20. The standard InChI is InChI=1S/C17H18N2O3/c1-12(17(21)19(2)13-8-4-3-5-9-13)22-15-11-7-6-10-14(15)16(18)20/h3-12H,1-2H3,(H2,18,20)/t12-/m0/s1. The molecule has 0 fully saturated rings. The summed E-state index contributed by atoms with van der Waals surface area (Å²) in [7, 11) is 1.68. The molecule has 0 unspecified atom stereocenters. The van der Waals surface area contributed by atoms with Crippen LogP contribution in [0.15, 0.2) is 54.6 Å². The van der Waals surface area contributed by atoms with Gasteiger partial charge in [0, 0.05) is 12.7 Å². The second kappa shape index (κ2) is 6.76. The van der Waals surface area contributed by atoms with Gasteiger partial charge in [-0.2, -0.15) is 0 Å². The van der Waals surface area contributed by atoms with Crippen LogP contribution in [-0.2, 0) is 4.79 Å². The molecule has 114 valence electrons. The maximum Gasteiger partial charge on any atom is 0.267 e. The van der Waals surface area contributed by atoms with E-state index in [4.69, 9.17) is 10.5 Å². The lowest BCUT2D eigenvalue weighted by molar-refractivity contribution is -0.124. The molecule has 0 saturated carbocycles. The fourth-order valence-electron chi connectivity index (χ4n) is 2.07. The SMILES string of the molecule is C[C@H](Oc1ccccc1C(N)=O)C(=O)N(C)c1ccccc1. The van der Waals surface area contributed by atoms with E-state index in [1.165, 1.54) is 4.90 Å². The normalized spacial score (nSPS) is 11.5. The first-order valence-electron chi connectivity index (χ1n) is 6.89. The molecular weight excluding hydrogens is 280 g/mol. The van der Waals surface area contributed by atoms with Crippen LogP contribution in [0.5, 0.6) is 5.75 Å². The zero-order chi connectivity index (χ0) is 16.1. The first kappa shape index (κ1) is 15.6. The van der Waals surface area contributed by atoms with E-state index >= 15 is 0 Å². The van der Waals surface area contributed by atoms with Crippen molar-refractivity contribution >= 4 is 17.5 Å². The van der Waals surface area contributed by atoms with Crippen molar-refractivity contribution in [2.24, 2.45) is 5.73 Å². The fraction of sp³-hybridized carbons (Fsp3) is 0.176. The second-order valence-corrected chi connectivity index (χ2v) is 4.85. The van der Waals surface area contributed by atoms with E-state index in [1.807, 2.05) is 30.3 Å². The van der Waals surface area contributed by atoms with Crippen LogP contribution in [0.2, 0.25) is 0 Å². The van der Waals surface area contributed by atoms with E-state index in [0.29, 0.717) is 5.75 Å². The second-order valence-electron chi connectivity index (χ2n) is 4.85. The van der Waals surface area contributed by atoms with Gasteiger partial charge in [-0.25, -0.2) is 0 Å². The Balaban J connectivity index is 2.14. The molecule has 0 aliphatic rings. The van der Waals surface area contributed by atoms with Crippen molar-refractivity contribution in [3.8, 4) is 5.75 Å². The number of hydrogen-bond acceptors (Lipinski definition) is 3. The van der Waals surface area contributed by atoms with Crippen LogP contribution in [0, 0.1) is 0 Å². The molecule has 0 bridgehead atoms. The molecule has 1 atom stereocenters. The molecule has 0 aromatic heterocycles. The molecule has 2 aromatic carbocycles. The molecule has 2 N–H and O–H groups in total. The summed E-state index contributed by atoms with van der Waals surface area (Å²) < 4.78 is 5.62. The van der Waals surface area contributed by atoms with Crippen molar-refractivity contribution in [3.05, 3.63) is 60.2 Å². The summed E-state index contributed by atoms with van der Waals surface area (Å²) in [5.41, 5.74) is 6.33. The summed E-state index contributed by atoms with van der Waals surface area (Å²) in [6.45, 7) is 1.64. The number of nitrogens with zero attached hydrogens (tertiary/aromatic N) is 1. The van der Waals surface area contributed by atoms with Crippen LogP contribution in [0.4, 0.5) is 5.69 Å². The van der Waals surface area contributed by atoms with Crippen LogP contribution >= 0.6 is 0 Å². The van der Waals surface area contributed by atoms with Gasteiger partial charge in [-0.3, -0.25) is 9.59 Å². The minimum Gasteiger partial charge on any atom is -0.480 e. The molecular formula is C17H18N2O3. The van der Waals surface area contributed by atoms with Crippen molar-refractivity contribution in [2.45, 2.75) is 13.0 Å². The van der Waals surface area contributed by atoms with Gasteiger partial charge in [0.05, 0.1) is 5.56 Å². The number of hydrogen-bond donors (Lipinski definition) is 1. The number of amides is 2. The number of anilines is 1. The molecule has 22 heavy (non-hydrogen) atoms. The van der Waals surface area contributed by atoms with Crippen molar-refractivity contribution in [3.63, 3.8) is 0 Å². The monoisotopic (exact) mass is 298 g/mol. The summed E-state index contributed by atoms with van der Waals surface area (Å²) in [6, 6.07) is 15.9. The van der Waals surface area contributed by atoms with Crippen molar-refractivity contribution < 1.29 is 14.3 Å². The Morgan fingerprint density at radius 3 is 2.27 bits per heavy atom. The molecule has 0 radical (unpaired) electrons. The zero-order valence-electron chi connectivity index (χ0n) is 12.5. The lowest BCUT2D eigenvalue weighted by atomic mass is 10.2. The van der Waals surface area contributed by atoms with E-state index in [2.05, 4.69) is 0 Å². The highest BCUT2D eigenvalue weighted by Gasteiger charge is 2.22. The summed E-state index contributed by atoms with van der Waals surface area (Å²) in [6.07, 6.45) is -0.745. The number of rotatable bonds is 5. The molecule has 2 rings (SSSR count). The average Bonchev–Trinajstić information content (AvgIpc) is 2.54. The van der Waals surface area contributed by atoms with Gasteiger partial charge in [-0.15, -0.1) is 0 Å². The lowest BCUT2D eigenvalue weighted by Crippen LogP contribution is -2.38. The highest BCUT2D eigenvalue weighted by atomic mass is 16.5. The molecule has 0 spiro atoms. The summed E-state index contributed by atoms with van der Waals surface area (Å²) >= 11 is 0. The van der Waals surface area contributed by atoms with E-state index < -0.39 is 12.0 Å². The molecule has 2 aromatic rings. The predicted molar refractivity (Wildman–Crippen MR) is 84.9 cm³/mol. The number of nitrogens with two attached hydrogens (primary N) is 1. The largest absolute Gasteiger partial charge is 0.480 e. The molecule has 5 heteroatoms. The van der Waals surface area contributed by atoms with Crippen LogP contribution in [0.1, 0.15) is 17.3 Å². The van der Waals surface area contributed by atoms with Crippen molar-refractivity contribution in [2.75, 3.05) is 11.9 Å². The topological polar surface area (TPSA) is 72.6 Å². The Morgan fingerprint density at radius 1 is 1.05 bits per heavy atom. The number of likely N-dealkylation sites (N-methyl/N-ethyl adjacent to an activating group) is 1. The zero-order valence-corrected chi connectivity index (χ0v) is 12.5. The minimum atomic E-state index is -0.745. The van der Waals surface area contributed by atoms with Gasteiger partial charge in [0.2, 0.25) is 0 Å². The highest BCUT2D eigenvalue weighted by molar-refractivity contribution is 5.97. The van der Waals surface area contributed by atoms with E-state index in [0.717, 1.165) is 5.69 Å². The summed E-state index contributed by atoms with van der Waals surface area (Å²) in [4.78, 5) is 25.3. The number of ether oxygens (including phenoxy) is 1. The number of primary amides is 1. The van der Waals surface area contributed by atoms with Crippen LogP contribution in [0.3, 0.4) is 0 Å². The first-order valence-corrected chi connectivity index (χ1v) is 6.89. The summed E-state index contributed by atoms with van der Waals surface area (Å²) in [5, 5.41) is 0. The van der Waals surface area contributed by atoms with Gasteiger partial charge in [-0.1, -0.05) is 30.3 Å². The number of carbonyl (C=O) groups excluding carboxylic acids is 2. The third-order valence-electron chi connectivity index (χ3n) is 3.28. The molecule has 0 aliphatic heterocycles. The van der Waals surface area contributed by atoms with Gasteiger partial charge in [-0.05, 0) is 31.2 Å². The van der Waals surface area contributed by atoms with E-state index in [9.17, 15) is 9.59 Å². The number of carbonyl (C=O) groups is 2. The lowest BCUT2D eigenvalue weighted by Gasteiger charge is -2.22. The van der Waals surface area contributed by atoms with Crippen molar-refractivity contribution in [1.29, 1.82) is 0 Å². The van der Waals surface area contributed by atoms with Gasteiger partial charge < -0.3 is 15.4 Å². The third kappa shape index (κ3) is 3.44. The molecule has 0 saturated heterocycles. The van der Waals surface area contributed by atoms with Gasteiger partial charge in [0.15, 0.2) is 6.10 Å². The Morgan fingerprint density at radius 2 is 1.64 bits per heavy atom. The molecule has 0 aliphatic carbocycles. The molecule has 5 nitrogen and oxygen atoms in total. The maximum atomic E-state index is 12.4. The Bertz CT molecular complexity index is 671. The average molecular weight is 298 g/mol. The first-order chi connectivity index (χ1) is 10.5. The van der Waals surface area contributed by atoms with E-state index in [-0.39, 0.29) is 11.5 Å².